The summed E-state index contributed by atoms with van der Waals surface area (Å²) < 4.78 is 130. The predicted octanol–water partition coefficient (Wildman–Crippen LogP) is 6.64. The van der Waals surface area contributed by atoms with Crippen molar-refractivity contribution in [1.29, 1.82) is 0 Å². The maximum Gasteiger partial charge on any atom is 0.461 e. The van der Waals surface area contributed by atoms with Gasteiger partial charge in [0.2, 0.25) is 0 Å². The summed E-state index contributed by atoms with van der Waals surface area (Å²) in [6.07, 6.45) is -14.6. The number of hydrogen-bond acceptors (Lipinski definition) is 6. The number of anilines is 1. The number of alkyl halides is 9. The highest BCUT2D eigenvalue weighted by Crippen LogP contribution is 2.34. The van der Waals surface area contributed by atoms with Gasteiger partial charge in [-0.15, -0.1) is 0 Å². The van der Waals surface area contributed by atoms with Crippen molar-refractivity contribution in [2.45, 2.75) is 38.0 Å². The lowest BCUT2D eigenvalue weighted by Gasteiger charge is -2.29. The normalized spacial score (nSPS) is 12.9. The number of rotatable bonds is 12. The van der Waals surface area contributed by atoms with Gasteiger partial charge < -0.3 is 24.2 Å². The van der Waals surface area contributed by atoms with Crippen molar-refractivity contribution in [1.82, 2.24) is 4.98 Å². The lowest BCUT2D eigenvalue weighted by Crippen LogP contribution is -2.40. The van der Waals surface area contributed by atoms with Crippen LogP contribution < -0.4 is 19.1 Å². The van der Waals surface area contributed by atoms with Crippen molar-refractivity contribution in [3.63, 3.8) is 0 Å². The fraction of sp³-hybridized carbons (Fsp3) is 0.292. The van der Waals surface area contributed by atoms with Crippen LogP contribution in [-0.2, 0) is 6.54 Å². The molecule has 212 valence electrons. The second kappa shape index (κ2) is 12.3. The number of nitrogens with zero attached hydrogens (tertiary/aromatic N) is 2. The molecule has 1 aromatic heterocycles. The van der Waals surface area contributed by atoms with Crippen LogP contribution in [0.2, 0.25) is 0 Å². The van der Waals surface area contributed by atoms with Crippen molar-refractivity contribution in [3.8, 4) is 23.0 Å². The van der Waals surface area contributed by atoms with Crippen LogP contribution in [-0.4, -0.2) is 48.1 Å². The second-order valence-electron chi connectivity index (χ2n) is 7.85. The van der Waals surface area contributed by atoms with E-state index >= 15 is 0 Å². The van der Waals surface area contributed by atoms with Gasteiger partial charge in [0, 0.05) is 30.6 Å². The summed E-state index contributed by atoms with van der Waals surface area (Å²) in [6, 6.07) is 10.8. The van der Waals surface area contributed by atoms with E-state index in [2.05, 4.69) is 14.5 Å². The minimum atomic E-state index is -5.02. The van der Waals surface area contributed by atoms with Crippen LogP contribution in [0.25, 0.3) is 0 Å². The molecule has 2 aromatic carbocycles. The number of halogens is 9. The van der Waals surface area contributed by atoms with Crippen LogP contribution in [0.1, 0.15) is 5.56 Å². The quantitative estimate of drug-likeness (QED) is 0.247. The average Bonchev–Trinajstić information content (AvgIpc) is 2.84. The third-order valence-electron chi connectivity index (χ3n) is 4.92. The average molecular weight is 570 g/mol. The van der Waals surface area contributed by atoms with Gasteiger partial charge >= 0.3 is 25.3 Å². The van der Waals surface area contributed by atoms with Crippen molar-refractivity contribution in [3.05, 3.63) is 72.6 Å². The molecule has 1 heterocycles. The summed E-state index contributed by atoms with van der Waals surface area (Å²) in [5, 5.41) is 9.69. The molecular weight excluding hydrogens is 551 g/mol. The first-order valence-electron chi connectivity index (χ1n) is 10.8. The van der Waals surface area contributed by atoms with Crippen molar-refractivity contribution >= 4 is 5.69 Å². The fourth-order valence-electron chi connectivity index (χ4n) is 3.21. The molecule has 0 amide bonds. The first kappa shape index (κ1) is 29.7. The molecule has 0 spiro atoms. The van der Waals surface area contributed by atoms with Gasteiger partial charge in [-0.3, -0.25) is 4.98 Å². The van der Waals surface area contributed by atoms with E-state index < -0.39 is 56.0 Å². The molecule has 0 aliphatic rings. The van der Waals surface area contributed by atoms with E-state index in [0.717, 1.165) is 29.3 Å². The van der Waals surface area contributed by atoms with E-state index in [-0.39, 0.29) is 22.7 Å². The molecule has 3 aromatic rings. The van der Waals surface area contributed by atoms with Crippen LogP contribution in [0.3, 0.4) is 0 Å². The monoisotopic (exact) mass is 570 g/mol. The van der Waals surface area contributed by atoms with Gasteiger partial charge in [-0.2, -0.15) is 39.5 Å². The molecule has 0 bridgehead atoms. The Hall–Kier alpha value is -3.88. The van der Waals surface area contributed by atoms with Gasteiger partial charge in [-0.25, -0.2) is 0 Å². The van der Waals surface area contributed by atoms with E-state index in [1.54, 1.807) is 0 Å². The summed E-state index contributed by atoms with van der Waals surface area (Å²) in [6.45, 7) is -4.65. The third kappa shape index (κ3) is 8.56. The first-order valence-corrected chi connectivity index (χ1v) is 10.8. The Morgan fingerprint density at radius 1 is 0.872 bits per heavy atom. The van der Waals surface area contributed by atoms with Crippen molar-refractivity contribution in [2.75, 3.05) is 11.4 Å². The molecule has 1 N–H and O–H groups in total. The summed E-state index contributed by atoms with van der Waals surface area (Å²) >= 11 is 0. The van der Waals surface area contributed by atoms with Crippen LogP contribution >= 0.6 is 0 Å². The molecule has 1 unspecified atom stereocenters. The largest absolute Gasteiger partial charge is 0.461 e. The van der Waals surface area contributed by atoms with Crippen LogP contribution in [0.15, 0.2) is 67.0 Å². The Balaban J connectivity index is 1.90. The molecule has 0 fully saturated rings. The number of pyridine rings is 1. The van der Waals surface area contributed by atoms with Gasteiger partial charge in [0.15, 0.2) is 17.6 Å². The molecular formula is C24H19F9N2O4. The molecule has 39 heavy (non-hydrogen) atoms. The highest BCUT2D eigenvalue weighted by Gasteiger charge is 2.44. The number of ether oxygens (including phenoxy) is 3. The smallest absolute Gasteiger partial charge is 0.453 e. The zero-order valence-corrected chi connectivity index (χ0v) is 19.5. The zero-order chi connectivity index (χ0) is 28.8. The highest BCUT2D eigenvalue weighted by atomic mass is 19.4. The molecule has 6 nitrogen and oxygen atoms in total. The van der Waals surface area contributed by atoms with E-state index in [4.69, 9.17) is 4.74 Å². The Kier molecular flexibility index (Phi) is 9.37. The van der Waals surface area contributed by atoms with Crippen molar-refractivity contribution in [2.24, 2.45) is 0 Å². The molecule has 0 saturated carbocycles. The molecule has 0 saturated heterocycles. The maximum absolute atomic E-state index is 13.3. The van der Waals surface area contributed by atoms with Gasteiger partial charge in [0.25, 0.3) is 0 Å². The van der Waals surface area contributed by atoms with E-state index in [0.29, 0.717) is 0 Å². The topological polar surface area (TPSA) is 64.1 Å². The van der Waals surface area contributed by atoms with E-state index in [1.807, 2.05) is 0 Å². The van der Waals surface area contributed by atoms with Crippen molar-refractivity contribution < 1.29 is 58.8 Å². The zero-order valence-electron chi connectivity index (χ0n) is 19.5. The number of aromatic nitrogens is 1. The first-order chi connectivity index (χ1) is 18.2. The molecule has 0 aliphatic heterocycles. The van der Waals surface area contributed by atoms with Gasteiger partial charge in [0.05, 0.1) is 12.7 Å². The Bertz CT molecular complexity index is 1230. The Morgan fingerprint density at radius 3 is 2.23 bits per heavy atom. The van der Waals surface area contributed by atoms with Crippen LogP contribution in [0.4, 0.5) is 45.2 Å². The van der Waals surface area contributed by atoms with Crippen LogP contribution in [0.5, 0.6) is 23.0 Å². The van der Waals surface area contributed by atoms with Crippen LogP contribution in [0, 0.1) is 0 Å². The molecule has 1 atom stereocenters. The highest BCUT2D eigenvalue weighted by molar-refractivity contribution is 5.53. The lowest BCUT2D eigenvalue weighted by molar-refractivity contribution is -0.253. The molecule has 0 aliphatic carbocycles. The summed E-state index contributed by atoms with van der Waals surface area (Å²) in [5.74, 6) is -1.30. The Morgan fingerprint density at radius 2 is 1.56 bits per heavy atom. The minimum absolute atomic E-state index is 0.0297. The SMILES string of the molecule is OC(CN(Cc1cccc(OC(F)(F)C(F)F)c1)c1cccc(Oc2ccncc2OC(F)F)c1)C(F)(F)F. The Labute approximate surface area is 215 Å². The fourth-order valence-corrected chi connectivity index (χ4v) is 3.21. The second-order valence-corrected chi connectivity index (χ2v) is 7.85. The number of benzene rings is 2. The summed E-state index contributed by atoms with van der Waals surface area (Å²) in [4.78, 5) is 4.66. The number of aliphatic hydroxyl groups is 1. The minimum Gasteiger partial charge on any atom is -0.453 e. The molecule has 15 heteroatoms. The predicted molar refractivity (Wildman–Crippen MR) is 119 cm³/mol. The molecule has 3 rings (SSSR count). The van der Waals surface area contributed by atoms with Gasteiger partial charge in [0.1, 0.15) is 11.5 Å². The summed E-state index contributed by atoms with van der Waals surface area (Å²) in [7, 11) is 0. The standard InChI is InChI=1S/C24H19F9N2O4/c25-21(26)24(32,33)39-17-6-1-3-14(9-17)12-35(13-20(36)23(29,30)31)15-4-2-5-16(10-15)37-18-7-8-34-11-19(18)38-22(27)28/h1-11,20-22,36H,12-13H2. The lowest BCUT2D eigenvalue weighted by atomic mass is 10.1. The maximum atomic E-state index is 13.3. The van der Waals surface area contributed by atoms with E-state index in [9.17, 15) is 44.6 Å². The van der Waals surface area contributed by atoms with Gasteiger partial charge in [-0.1, -0.05) is 18.2 Å². The summed E-state index contributed by atoms with van der Waals surface area (Å²) in [5.41, 5.74) is 0.102. The van der Waals surface area contributed by atoms with E-state index in [1.165, 1.54) is 42.6 Å². The number of aliphatic hydroxyl groups excluding tert-OH is 1. The molecule has 0 radical (unpaired) electrons. The number of hydrogen-bond donors (Lipinski definition) is 1. The van der Waals surface area contributed by atoms with Gasteiger partial charge in [-0.05, 0) is 29.8 Å². The third-order valence-corrected chi connectivity index (χ3v) is 4.92.